The van der Waals surface area contributed by atoms with Gasteiger partial charge in [0.2, 0.25) is 0 Å². The average Bonchev–Trinajstić information content (AvgIpc) is 1.88. The molecule has 1 atom stereocenters. The summed E-state index contributed by atoms with van der Waals surface area (Å²) in [6.45, 7) is 5.56. The highest BCUT2D eigenvalue weighted by molar-refractivity contribution is 5.35. The molecule has 1 N–H and O–H groups in total. The van der Waals surface area contributed by atoms with Gasteiger partial charge in [0.25, 0.3) is 0 Å². The van der Waals surface area contributed by atoms with Gasteiger partial charge in [-0.05, 0) is 18.9 Å². The molecule has 1 aliphatic rings. The molecule has 0 aliphatic heterocycles. The summed E-state index contributed by atoms with van der Waals surface area (Å²) >= 11 is 0. The molecular weight excluding hydrogens is 124 g/mol. The van der Waals surface area contributed by atoms with Crippen molar-refractivity contribution in [2.45, 2.75) is 19.4 Å². The van der Waals surface area contributed by atoms with Crippen LogP contribution >= 0.6 is 0 Å². The van der Waals surface area contributed by atoms with Crippen molar-refractivity contribution in [2.75, 3.05) is 0 Å². The van der Waals surface area contributed by atoms with E-state index < -0.39 is 0 Å². The van der Waals surface area contributed by atoms with Crippen LogP contribution in [0, 0.1) is 0 Å². The standard InChI is InChI=1S/C9H12O/c1-7-3-5-9(6-4-7)8(2)10/h3,5-6,8,10H,1,4H2,2H3. The van der Waals surface area contributed by atoms with Crippen LogP contribution in [-0.4, -0.2) is 11.2 Å². The van der Waals surface area contributed by atoms with Gasteiger partial charge in [0.05, 0.1) is 6.10 Å². The fraction of sp³-hybridized carbons (Fsp3) is 0.333. The first-order valence-corrected chi connectivity index (χ1v) is 3.44. The molecule has 0 saturated heterocycles. The maximum Gasteiger partial charge on any atom is 0.0758 e. The average molecular weight is 136 g/mol. The van der Waals surface area contributed by atoms with E-state index in [1.165, 1.54) is 0 Å². The molecule has 0 radical (unpaired) electrons. The lowest BCUT2D eigenvalue weighted by molar-refractivity contribution is 0.235. The molecule has 0 saturated carbocycles. The summed E-state index contributed by atoms with van der Waals surface area (Å²) in [6, 6.07) is 0. The van der Waals surface area contributed by atoms with E-state index in [9.17, 15) is 0 Å². The normalized spacial score (nSPS) is 20.6. The molecule has 0 amide bonds. The van der Waals surface area contributed by atoms with Crippen LogP contribution in [0.3, 0.4) is 0 Å². The Labute approximate surface area is 61.4 Å². The number of aliphatic hydroxyl groups excluding tert-OH is 1. The SMILES string of the molecule is C=C1C=CC(C(C)O)=CC1. The molecule has 0 fully saturated rings. The second-order valence-electron chi connectivity index (χ2n) is 2.58. The van der Waals surface area contributed by atoms with Crippen LogP contribution in [0.15, 0.2) is 36.0 Å². The minimum absolute atomic E-state index is 0.343. The van der Waals surface area contributed by atoms with Crippen LogP contribution in [0.4, 0.5) is 0 Å². The van der Waals surface area contributed by atoms with Crippen LogP contribution < -0.4 is 0 Å². The molecule has 1 nitrogen and oxygen atoms in total. The predicted molar refractivity (Wildman–Crippen MR) is 42.7 cm³/mol. The Morgan fingerprint density at radius 1 is 1.60 bits per heavy atom. The molecule has 0 aromatic heterocycles. The lowest BCUT2D eigenvalue weighted by Gasteiger charge is -2.09. The Kier molecular flexibility index (Phi) is 2.07. The van der Waals surface area contributed by atoms with Gasteiger partial charge in [-0.2, -0.15) is 0 Å². The summed E-state index contributed by atoms with van der Waals surface area (Å²) in [5.74, 6) is 0. The second-order valence-corrected chi connectivity index (χ2v) is 2.58. The Balaban J connectivity index is 2.67. The van der Waals surface area contributed by atoms with Crippen molar-refractivity contribution < 1.29 is 5.11 Å². The lowest BCUT2D eigenvalue weighted by atomic mass is 10.0. The van der Waals surface area contributed by atoms with E-state index in [1.807, 2.05) is 18.2 Å². The molecule has 1 aliphatic carbocycles. The highest BCUT2D eigenvalue weighted by atomic mass is 16.3. The largest absolute Gasteiger partial charge is 0.389 e. The minimum Gasteiger partial charge on any atom is -0.389 e. The zero-order chi connectivity index (χ0) is 7.56. The maximum atomic E-state index is 9.11. The zero-order valence-corrected chi connectivity index (χ0v) is 6.17. The molecule has 0 aromatic carbocycles. The smallest absolute Gasteiger partial charge is 0.0758 e. The number of aliphatic hydroxyl groups is 1. The molecule has 1 unspecified atom stereocenters. The van der Waals surface area contributed by atoms with E-state index in [-0.39, 0.29) is 6.10 Å². The monoisotopic (exact) mass is 136 g/mol. The highest BCUT2D eigenvalue weighted by Gasteiger charge is 2.03. The van der Waals surface area contributed by atoms with Gasteiger partial charge in [0.1, 0.15) is 0 Å². The fourth-order valence-electron chi connectivity index (χ4n) is 0.909. The van der Waals surface area contributed by atoms with E-state index in [0.717, 1.165) is 17.6 Å². The van der Waals surface area contributed by atoms with Gasteiger partial charge in [-0.15, -0.1) is 0 Å². The van der Waals surface area contributed by atoms with Crippen LogP contribution in [0.25, 0.3) is 0 Å². The highest BCUT2D eigenvalue weighted by Crippen LogP contribution is 2.15. The maximum absolute atomic E-state index is 9.11. The van der Waals surface area contributed by atoms with Crippen LogP contribution in [-0.2, 0) is 0 Å². The van der Waals surface area contributed by atoms with Gasteiger partial charge >= 0.3 is 0 Å². The lowest BCUT2D eigenvalue weighted by Crippen LogP contribution is -2.03. The molecular formula is C9H12O. The first-order chi connectivity index (χ1) is 4.70. The van der Waals surface area contributed by atoms with Crippen molar-refractivity contribution in [1.82, 2.24) is 0 Å². The van der Waals surface area contributed by atoms with Gasteiger partial charge in [0.15, 0.2) is 0 Å². The summed E-state index contributed by atoms with van der Waals surface area (Å²) in [7, 11) is 0. The summed E-state index contributed by atoms with van der Waals surface area (Å²) in [6.07, 6.45) is 6.40. The first kappa shape index (κ1) is 7.29. The fourth-order valence-corrected chi connectivity index (χ4v) is 0.909. The van der Waals surface area contributed by atoms with E-state index in [4.69, 9.17) is 5.11 Å². The Hall–Kier alpha value is -0.820. The Morgan fingerprint density at radius 3 is 2.70 bits per heavy atom. The Morgan fingerprint density at radius 2 is 2.30 bits per heavy atom. The van der Waals surface area contributed by atoms with Crippen LogP contribution in [0.5, 0.6) is 0 Å². The molecule has 0 aromatic rings. The molecule has 10 heavy (non-hydrogen) atoms. The quantitative estimate of drug-likeness (QED) is 0.583. The van der Waals surface area contributed by atoms with Crippen molar-refractivity contribution in [3.63, 3.8) is 0 Å². The number of allylic oxidation sites excluding steroid dienone is 3. The van der Waals surface area contributed by atoms with E-state index in [0.29, 0.717) is 0 Å². The summed E-state index contributed by atoms with van der Waals surface area (Å²) < 4.78 is 0. The van der Waals surface area contributed by atoms with Crippen molar-refractivity contribution >= 4 is 0 Å². The van der Waals surface area contributed by atoms with Gasteiger partial charge in [0, 0.05) is 0 Å². The topological polar surface area (TPSA) is 20.2 Å². The van der Waals surface area contributed by atoms with Crippen LogP contribution in [0.2, 0.25) is 0 Å². The second kappa shape index (κ2) is 2.84. The minimum atomic E-state index is -0.343. The van der Waals surface area contributed by atoms with Crippen molar-refractivity contribution in [1.29, 1.82) is 0 Å². The molecule has 1 heteroatoms. The van der Waals surface area contributed by atoms with Crippen molar-refractivity contribution in [2.24, 2.45) is 0 Å². The summed E-state index contributed by atoms with van der Waals surface area (Å²) in [4.78, 5) is 0. The first-order valence-electron chi connectivity index (χ1n) is 3.44. The summed E-state index contributed by atoms with van der Waals surface area (Å²) in [5, 5.41) is 9.11. The van der Waals surface area contributed by atoms with Gasteiger partial charge < -0.3 is 5.11 Å². The molecule has 0 heterocycles. The number of rotatable bonds is 1. The number of hydrogen-bond donors (Lipinski definition) is 1. The van der Waals surface area contributed by atoms with E-state index in [2.05, 4.69) is 6.58 Å². The van der Waals surface area contributed by atoms with Crippen molar-refractivity contribution in [3.05, 3.63) is 36.0 Å². The van der Waals surface area contributed by atoms with Crippen molar-refractivity contribution in [3.8, 4) is 0 Å². The van der Waals surface area contributed by atoms with Gasteiger partial charge in [-0.25, -0.2) is 0 Å². The van der Waals surface area contributed by atoms with E-state index >= 15 is 0 Å². The third kappa shape index (κ3) is 1.58. The third-order valence-electron chi connectivity index (χ3n) is 1.59. The Bertz CT molecular complexity index is 197. The molecule has 0 spiro atoms. The molecule has 1 rings (SSSR count). The molecule has 0 bridgehead atoms. The van der Waals surface area contributed by atoms with Gasteiger partial charge in [-0.3, -0.25) is 0 Å². The van der Waals surface area contributed by atoms with E-state index in [1.54, 1.807) is 6.92 Å². The van der Waals surface area contributed by atoms with Crippen LogP contribution in [0.1, 0.15) is 13.3 Å². The van der Waals surface area contributed by atoms with Gasteiger partial charge in [-0.1, -0.05) is 30.4 Å². The summed E-state index contributed by atoms with van der Waals surface area (Å²) in [5.41, 5.74) is 2.09. The third-order valence-corrected chi connectivity index (χ3v) is 1.59. The molecule has 54 valence electrons. The zero-order valence-electron chi connectivity index (χ0n) is 6.17. The predicted octanol–water partition coefficient (Wildman–Crippen LogP) is 1.81. The number of hydrogen-bond acceptors (Lipinski definition) is 1.